The van der Waals surface area contributed by atoms with E-state index >= 15 is 0 Å². The van der Waals surface area contributed by atoms with Crippen molar-refractivity contribution in [2.75, 3.05) is 12.8 Å². The van der Waals surface area contributed by atoms with Crippen LogP contribution in [0.1, 0.15) is 26.1 Å². The lowest BCUT2D eigenvalue weighted by Crippen LogP contribution is -2.26. The molecule has 0 bridgehead atoms. The third-order valence-corrected chi connectivity index (χ3v) is 3.02. The van der Waals surface area contributed by atoms with Crippen molar-refractivity contribution >= 4 is 11.3 Å². The summed E-state index contributed by atoms with van der Waals surface area (Å²) in [7, 11) is 1.68. The van der Waals surface area contributed by atoms with Crippen LogP contribution < -0.4 is 5.73 Å². The number of methoxy groups -OCH3 is 1. The minimum atomic E-state index is -0.437. The quantitative estimate of drug-likeness (QED) is 0.853. The molecule has 2 heterocycles. The molecule has 0 saturated heterocycles. The van der Waals surface area contributed by atoms with Gasteiger partial charge in [0.25, 0.3) is 0 Å². The Bertz CT molecular complexity index is 502. The van der Waals surface area contributed by atoms with Gasteiger partial charge in [0, 0.05) is 19.0 Å². The molecule has 2 aromatic rings. The van der Waals surface area contributed by atoms with Gasteiger partial charge in [0.2, 0.25) is 0 Å². The van der Waals surface area contributed by atoms with Crippen molar-refractivity contribution in [3.05, 3.63) is 24.2 Å². The van der Waals surface area contributed by atoms with Crippen LogP contribution in [0.3, 0.4) is 0 Å². The number of hydrogen-bond acceptors (Lipinski definition) is 4. The normalized spacial score (nSPS) is 15.2. The highest BCUT2D eigenvalue weighted by Crippen LogP contribution is 2.27. The molecule has 1 unspecified atom stereocenters. The molecule has 0 aliphatic heterocycles. The molecule has 0 aliphatic carbocycles. The molecule has 0 radical (unpaired) electrons. The van der Waals surface area contributed by atoms with Gasteiger partial charge in [-0.15, -0.1) is 10.2 Å². The number of nitrogen functional groups attached to an aromatic ring is 1. The minimum Gasteiger partial charge on any atom is -0.398 e. The molecule has 1 atom stereocenters. The molecule has 2 rings (SSSR count). The van der Waals surface area contributed by atoms with Gasteiger partial charge < -0.3 is 10.5 Å². The smallest absolute Gasteiger partial charge is 0.169 e. The first-order chi connectivity index (χ1) is 7.60. The summed E-state index contributed by atoms with van der Waals surface area (Å²) in [6, 6.07) is 3.65. The van der Waals surface area contributed by atoms with Crippen LogP contribution >= 0.6 is 0 Å². The maximum Gasteiger partial charge on any atom is 0.169 e. The number of fused-ring (bicyclic) bond motifs is 1. The Morgan fingerprint density at radius 2 is 2.19 bits per heavy atom. The van der Waals surface area contributed by atoms with Gasteiger partial charge >= 0.3 is 0 Å². The molecule has 5 nitrogen and oxygen atoms in total. The monoisotopic (exact) mass is 220 g/mol. The zero-order valence-corrected chi connectivity index (χ0v) is 9.77. The van der Waals surface area contributed by atoms with Gasteiger partial charge in [-0.2, -0.15) is 0 Å². The maximum absolute atomic E-state index is 5.76. The highest BCUT2D eigenvalue weighted by atomic mass is 16.5. The van der Waals surface area contributed by atoms with Crippen molar-refractivity contribution < 1.29 is 4.74 Å². The van der Waals surface area contributed by atoms with E-state index < -0.39 is 5.60 Å². The van der Waals surface area contributed by atoms with E-state index in [1.54, 1.807) is 7.11 Å². The Morgan fingerprint density at radius 3 is 2.81 bits per heavy atom. The molecule has 16 heavy (non-hydrogen) atoms. The van der Waals surface area contributed by atoms with E-state index in [1.807, 2.05) is 29.7 Å². The van der Waals surface area contributed by atoms with Gasteiger partial charge in [-0.1, -0.05) is 6.92 Å². The Morgan fingerprint density at radius 1 is 1.44 bits per heavy atom. The predicted molar refractivity (Wildman–Crippen MR) is 62.1 cm³/mol. The molecule has 0 fully saturated rings. The van der Waals surface area contributed by atoms with Gasteiger partial charge in [-0.25, -0.2) is 0 Å². The lowest BCUT2D eigenvalue weighted by Gasteiger charge is -2.24. The van der Waals surface area contributed by atoms with E-state index in [0.29, 0.717) is 5.69 Å². The van der Waals surface area contributed by atoms with Crippen LogP contribution in [0.25, 0.3) is 5.65 Å². The first-order valence-electron chi connectivity index (χ1n) is 5.26. The van der Waals surface area contributed by atoms with Crippen LogP contribution in [0.2, 0.25) is 0 Å². The summed E-state index contributed by atoms with van der Waals surface area (Å²) in [5.41, 5.74) is 6.79. The zero-order chi connectivity index (χ0) is 11.8. The number of nitrogens with zero attached hydrogens (tertiary/aromatic N) is 3. The summed E-state index contributed by atoms with van der Waals surface area (Å²) >= 11 is 0. The van der Waals surface area contributed by atoms with Crippen LogP contribution in [-0.4, -0.2) is 21.7 Å². The molecular formula is C11H16N4O. The largest absolute Gasteiger partial charge is 0.398 e. The highest BCUT2D eigenvalue weighted by Gasteiger charge is 2.29. The molecule has 86 valence electrons. The van der Waals surface area contributed by atoms with Gasteiger partial charge in [-0.05, 0) is 25.5 Å². The molecule has 0 spiro atoms. The second kappa shape index (κ2) is 3.75. The first-order valence-corrected chi connectivity index (χ1v) is 5.26. The zero-order valence-electron chi connectivity index (χ0n) is 9.77. The van der Waals surface area contributed by atoms with Crippen LogP contribution in [0.15, 0.2) is 18.3 Å². The average Bonchev–Trinajstić information content (AvgIpc) is 2.71. The van der Waals surface area contributed by atoms with Crippen LogP contribution in [0, 0.1) is 0 Å². The Kier molecular flexibility index (Phi) is 2.55. The number of pyridine rings is 1. The van der Waals surface area contributed by atoms with Gasteiger partial charge in [0.05, 0.1) is 0 Å². The third kappa shape index (κ3) is 1.53. The summed E-state index contributed by atoms with van der Waals surface area (Å²) in [6.07, 6.45) is 2.64. The van der Waals surface area contributed by atoms with E-state index in [-0.39, 0.29) is 0 Å². The van der Waals surface area contributed by atoms with Gasteiger partial charge in [-0.3, -0.25) is 4.40 Å². The van der Waals surface area contributed by atoms with Crippen LogP contribution in [-0.2, 0) is 10.3 Å². The fraction of sp³-hybridized carbons (Fsp3) is 0.455. The lowest BCUT2D eigenvalue weighted by atomic mass is 10.0. The Labute approximate surface area is 94.2 Å². The standard InChI is InChI=1S/C11H16N4O/c1-4-11(2,16-3)10-14-13-9-6-5-8(12)7-15(9)10/h5-7H,4,12H2,1-3H3. The molecule has 5 heteroatoms. The number of nitrogens with two attached hydrogens (primary N) is 1. The van der Waals surface area contributed by atoms with Crippen LogP contribution in [0.5, 0.6) is 0 Å². The van der Waals surface area contributed by atoms with Crippen molar-refractivity contribution in [1.29, 1.82) is 0 Å². The van der Waals surface area contributed by atoms with Gasteiger partial charge in [0.1, 0.15) is 5.60 Å². The summed E-state index contributed by atoms with van der Waals surface area (Å²) in [5, 5.41) is 8.28. The Hall–Kier alpha value is -1.62. The number of anilines is 1. The van der Waals surface area contributed by atoms with E-state index in [9.17, 15) is 0 Å². The molecular weight excluding hydrogens is 204 g/mol. The fourth-order valence-corrected chi connectivity index (χ4v) is 1.66. The first kappa shape index (κ1) is 10.9. The molecule has 0 aliphatic rings. The van der Waals surface area contributed by atoms with Crippen molar-refractivity contribution in [3.63, 3.8) is 0 Å². The predicted octanol–water partition coefficient (Wildman–Crippen LogP) is 1.58. The lowest BCUT2D eigenvalue weighted by molar-refractivity contribution is -0.00976. The van der Waals surface area contributed by atoms with Crippen molar-refractivity contribution in [2.45, 2.75) is 25.9 Å². The SMILES string of the molecule is CCC(C)(OC)c1nnc2ccc(N)cn12. The average molecular weight is 220 g/mol. The second-order valence-corrected chi connectivity index (χ2v) is 4.00. The number of ether oxygens (including phenoxy) is 1. The number of aromatic nitrogens is 3. The molecule has 0 amide bonds. The molecule has 2 aromatic heterocycles. The van der Waals surface area contributed by atoms with E-state index in [4.69, 9.17) is 10.5 Å². The van der Waals surface area contributed by atoms with Gasteiger partial charge in [0.15, 0.2) is 11.5 Å². The molecule has 0 aromatic carbocycles. The van der Waals surface area contributed by atoms with E-state index in [1.165, 1.54) is 0 Å². The van der Waals surface area contributed by atoms with Crippen molar-refractivity contribution in [2.24, 2.45) is 0 Å². The minimum absolute atomic E-state index is 0.437. The van der Waals surface area contributed by atoms with Crippen molar-refractivity contribution in [3.8, 4) is 0 Å². The summed E-state index contributed by atoms with van der Waals surface area (Å²) in [5.74, 6) is 0.778. The summed E-state index contributed by atoms with van der Waals surface area (Å²) in [4.78, 5) is 0. The van der Waals surface area contributed by atoms with E-state index in [2.05, 4.69) is 17.1 Å². The summed E-state index contributed by atoms with van der Waals surface area (Å²) < 4.78 is 7.39. The third-order valence-electron chi connectivity index (χ3n) is 3.02. The fourth-order valence-electron chi connectivity index (χ4n) is 1.66. The Balaban J connectivity index is 2.64. The van der Waals surface area contributed by atoms with Crippen LogP contribution in [0.4, 0.5) is 5.69 Å². The number of rotatable bonds is 3. The van der Waals surface area contributed by atoms with Crippen molar-refractivity contribution in [1.82, 2.24) is 14.6 Å². The highest BCUT2D eigenvalue weighted by molar-refractivity contribution is 5.47. The molecule has 0 saturated carbocycles. The summed E-state index contributed by atoms with van der Waals surface area (Å²) in [6.45, 7) is 4.05. The molecule has 2 N–H and O–H groups in total. The second-order valence-electron chi connectivity index (χ2n) is 4.00. The van der Waals surface area contributed by atoms with E-state index in [0.717, 1.165) is 17.9 Å². The maximum atomic E-state index is 5.76. The number of hydrogen-bond donors (Lipinski definition) is 1. The topological polar surface area (TPSA) is 65.4 Å².